The Bertz CT molecular complexity index is 928. The van der Waals surface area contributed by atoms with E-state index >= 15 is 0 Å². The fourth-order valence-corrected chi connectivity index (χ4v) is 3.61. The van der Waals surface area contributed by atoms with E-state index in [1.807, 2.05) is 11.1 Å². The average Bonchev–Trinajstić information content (AvgIpc) is 3.33. The minimum Gasteiger partial charge on any atom is -0.338 e. The first-order valence-electron chi connectivity index (χ1n) is 9.84. The molecule has 0 bridgehead atoms. The van der Waals surface area contributed by atoms with Crippen LogP contribution in [0.25, 0.3) is 11.3 Å². The smallest absolute Gasteiger partial charge is 0.222 e. The van der Waals surface area contributed by atoms with E-state index in [2.05, 4.69) is 71.0 Å². The van der Waals surface area contributed by atoms with Crippen LogP contribution in [0.5, 0.6) is 0 Å². The van der Waals surface area contributed by atoms with Crippen molar-refractivity contribution in [3.63, 3.8) is 0 Å². The molecule has 1 amide bonds. The van der Waals surface area contributed by atoms with Gasteiger partial charge >= 0.3 is 0 Å². The number of nitrogens with zero attached hydrogens (tertiary/aromatic N) is 2. The summed E-state index contributed by atoms with van der Waals surface area (Å²) >= 11 is 0. The third kappa shape index (κ3) is 4.31. The van der Waals surface area contributed by atoms with Gasteiger partial charge in [-0.25, -0.2) is 0 Å². The Morgan fingerprint density at radius 3 is 2.50 bits per heavy atom. The molecule has 5 heteroatoms. The molecule has 2 heterocycles. The van der Waals surface area contributed by atoms with E-state index in [1.165, 1.54) is 16.7 Å². The summed E-state index contributed by atoms with van der Waals surface area (Å²) in [5.74, 6) is 0.273. The Hall–Kier alpha value is -2.92. The number of hydrogen-bond acceptors (Lipinski definition) is 3. The first kappa shape index (κ1) is 18.4. The van der Waals surface area contributed by atoms with Gasteiger partial charge in [0.05, 0.1) is 11.9 Å². The second-order valence-electron chi connectivity index (χ2n) is 7.48. The molecule has 1 saturated heterocycles. The van der Waals surface area contributed by atoms with E-state index in [-0.39, 0.29) is 5.91 Å². The van der Waals surface area contributed by atoms with Gasteiger partial charge < -0.3 is 10.2 Å². The van der Waals surface area contributed by atoms with Crippen LogP contribution in [0, 0.1) is 6.92 Å². The SMILES string of the molecule is Cc1ccc(-c2[nH]ncc2CNCc2ccc(CN3CCCC3=O)cc2)cc1. The molecule has 0 atom stereocenters. The molecular formula is C23H26N4O. The molecule has 0 spiro atoms. The molecule has 1 aliphatic heterocycles. The number of rotatable bonds is 7. The van der Waals surface area contributed by atoms with Crippen LogP contribution in [-0.2, 0) is 24.4 Å². The van der Waals surface area contributed by atoms with Crippen LogP contribution in [0.2, 0.25) is 0 Å². The summed E-state index contributed by atoms with van der Waals surface area (Å²) < 4.78 is 0. The van der Waals surface area contributed by atoms with Gasteiger partial charge in [0, 0.05) is 38.2 Å². The van der Waals surface area contributed by atoms with Crippen molar-refractivity contribution >= 4 is 5.91 Å². The zero-order chi connectivity index (χ0) is 19.3. The third-order valence-electron chi connectivity index (χ3n) is 5.27. The fourth-order valence-electron chi connectivity index (χ4n) is 3.61. The van der Waals surface area contributed by atoms with Gasteiger partial charge in [-0.2, -0.15) is 5.10 Å². The Morgan fingerprint density at radius 2 is 1.79 bits per heavy atom. The number of benzene rings is 2. The number of carbonyl (C=O) groups excluding carboxylic acids is 1. The van der Waals surface area contributed by atoms with Gasteiger partial charge in [0.15, 0.2) is 0 Å². The normalized spacial score (nSPS) is 14.0. The van der Waals surface area contributed by atoms with Crippen LogP contribution in [0.4, 0.5) is 0 Å². The molecule has 0 saturated carbocycles. The maximum absolute atomic E-state index is 11.8. The lowest BCUT2D eigenvalue weighted by atomic mass is 10.1. The van der Waals surface area contributed by atoms with Crippen LogP contribution in [0.1, 0.15) is 35.1 Å². The largest absolute Gasteiger partial charge is 0.338 e. The molecule has 144 valence electrons. The summed E-state index contributed by atoms with van der Waals surface area (Å²) in [6, 6.07) is 17.0. The monoisotopic (exact) mass is 374 g/mol. The molecule has 1 aliphatic rings. The van der Waals surface area contributed by atoms with E-state index in [0.717, 1.165) is 49.4 Å². The minimum atomic E-state index is 0.273. The molecule has 0 aliphatic carbocycles. The number of likely N-dealkylation sites (tertiary alicyclic amines) is 1. The van der Waals surface area contributed by atoms with Gasteiger partial charge in [0.25, 0.3) is 0 Å². The molecule has 3 aromatic rings. The number of H-pyrrole nitrogens is 1. The highest BCUT2D eigenvalue weighted by molar-refractivity contribution is 5.78. The van der Waals surface area contributed by atoms with Crippen molar-refractivity contribution < 1.29 is 4.79 Å². The Kier molecular flexibility index (Phi) is 5.53. The van der Waals surface area contributed by atoms with E-state index < -0.39 is 0 Å². The third-order valence-corrected chi connectivity index (χ3v) is 5.27. The highest BCUT2D eigenvalue weighted by Gasteiger charge is 2.19. The van der Waals surface area contributed by atoms with E-state index in [4.69, 9.17) is 0 Å². The standard InChI is InChI=1S/C23H26N4O/c1-17-4-10-20(11-5-17)23-21(15-25-26-23)14-24-13-18-6-8-19(9-7-18)16-27-12-2-3-22(27)28/h4-11,15,24H,2-3,12-14,16H2,1H3,(H,25,26). The molecule has 0 unspecified atom stereocenters. The molecule has 1 aromatic heterocycles. The van der Waals surface area contributed by atoms with Gasteiger partial charge in [-0.15, -0.1) is 0 Å². The summed E-state index contributed by atoms with van der Waals surface area (Å²) in [6.45, 7) is 5.25. The van der Waals surface area contributed by atoms with Gasteiger partial charge in [-0.3, -0.25) is 9.89 Å². The molecule has 2 aromatic carbocycles. The number of nitrogens with one attached hydrogen (secondary N) is 2. The number of carbonyl (C=O) groups is 1. The van der Waals surface area contributed by atoms with Crippen LogP contribution >= 0.6 is 0 Å². The van der Waals surface area contributed by atoms with Crippen molar-refractivity contribution in [3.8, 4) is 11.3 Å². The topological polar surface area (TPSA) is 61.0 Å². The Balaban J connectivity index is 1.31. The van der Waals surface area contributed by atoms with E-state index in [9.17, 15) is 4.79 Å². The number of aromatic nitrogens is 2. The minimum absolute atomic E-state index is 0.273. The lowest BCUT2D eigenvalue weighted by Gasteiger charge is -2.15. The van der Waals surface area contributed by atoms with Crippen LogP contribution in [-0.4, -0.2) is 27.5 Å². The summed E-state index contributed by atoms with van der Waals surface area (Å²) in [6.07, 6.45) is 3.57. The highest BCUT2D eigenvalue weighted by atomic mass is 16.2. The number of amides is 1. The average molecular weight is 374 g/mol. The lowest BCUT2D eigenvalue weighted by Crippen LogP contribution is -2.23. The summed E-state index contributed by atoms with van der Waals surface area (Å²) in [5.41, 5.74) is 7.06. The first-order chi connectivity index (χ1) is 13.7. The van der Waals surface area contributed by atoms with Gasteiger partial charge in [-0.1, -0.05) is 54.1 Å². The summed E-state index contributed by atoms with van der Waals surface area (Å²) in [4.78, 5) is 13.7. The first-order valence-corrected chi connectivity index (χ1v) is 9.84. The van der Waals surface area contributed by atoms with Crippen LogP contribution in [0.15, 0.2) is 54.7 Å². The lowest BCUT2D eigenvalue weighted by molar-refractivity contribution is -0.128. The predicted octanol–water partition coefficient (Wildman–Crippen LogP) is 3.80. The van der Waals surface area contributed by atoms with Crippen molar-refractivity contribution in [2.75, 3.05) is 6.54 Å². The van der Waals surface area contributed by atoms with E-state index in [1.54, 1.807) is 0 Å². The Morgan fingerprint density at radius 1 is 1.04 bits per heavy atom. The Labute approximate surface area is 165 Å². The zero-order valence-corrected chi connectivity index (χ0v) is 16.2. The summed E-state index contributed by atoms with van der Waals surface area (Å²) in [7, 11) is 0. The molecule has 28 heavy (non-hydrogen) atoms. The van der Waals surface area contributed by atoms with Gasteiger partial charge in [0.1, 0.15) is 0 Å². The van der Waals surface area contributed by atoms with Gasteiger partial charge in [0.2, 0.25) is 5.91 Å². The maximum Gasteiger partial charge on any atom is 0.222 e. The summed E-state index contributed by atoms with van der Waals surface area (Å²) in [5, 5.41) is 10.8. The van der Waals surface area contributed by atoms with Crippen molar-refractivity contribution in [2.45, 2.75) is 39.4 Å². The second kappa shape index (κ2) is 8.40. The number of aromatic amines is 1. The molecular weight excluding hydrogens is 348 g/mol. The van der Waals surface area contributed by atoms with Crippen LogP contribution < -0.4 is 5.32 Å². The van der Waals surface area contributed by atoms with Crippen molar-refractivity contribution in [1.29, 1.82) is 0 Å². The van der Waals surface area contributed by atoms with Crippen LogP contribution in [0.3, 0.4) is 0 Å². The zero-order valence-electron chi connectivity index (χ0n) is 16.2. The van der Waals surface area contributed by atoms with E-state index in [0.29, 0.717) is 6.42 Å². The second-order valence-corrected chi connectivity index (χ2v) is 7.48. The van der Waals surface area contributed by atoms with Crippen molar-refractivity contribution in [2.24, 2.45) is 0 Å². The number of aryl methyl sites for hydroxylation is 1. The molecule has 2 N–H and O–H groups in total. The molecule has 5 nitrogen and oxygen atoms in total. The molecule has 1 fully saturated rings. The highest BCUT2D eigenvalue weighted by Crippen LogP contribution is 2.21. The molecule has 4 rings (SSSR count). The quantitative estimate of drug-likeness (QED) is 0.661. The van der Waals surface area contributed by atoms with Gasteiger partial charge in [-0.05, 0) is 30.0 Å². The van der Waals surface area contributed by atoms with Crippen molar-refractivity contribution in [1.82, 2.24) is 20.4 Å². The molecule has 0 radical (unpaired) electrons. The fraction of sp³-hybridized carbons (Fsp3) is 0.304. The maximum atomic E-state index is 11.8. The van der Waals surface area contributed by atoms with Crippen molar-refractivity contribution in [3.05, 3.63) is 77.0 Å². The number of hydrogen-bond donors (Lipinski definition) is 2. The predicted molar refractivity (Wildman–Crippen MR) is 110 cm³/mol.